The highest BCUT2D eigenvalue weighted by Crippen LogP contribution is 2.31. The van der Waals surface area contributed by atoms with Gasteiger partial charge in [0.25, 0.3) is 5.91 Å². The van der Waals surface area contributed by atoms with E-state index in [2.05, 4.69) is 20.8 Å². The molecule has 0 aliphatic carbocycles. The molecule has 148 valence electrons. The summed E-state index contributed by atoms with van der Waals surface area (Å²) in [5.41, 5.74) is 0.494. The molecule has 2 aromatic carbocycles. The molecule has 3 aromatic rings. The molecule has 1 fully saturated rings. The first-order chi connectivity index (χ1) is 14.1. The van der Waals surface area contributed by atoms with Gasteiger partial charge in [0.05, 0.1) is 12.2 Å². The van der Waals surface area contributed by atoms with Crippen molar-refractivity contribution in [3.63, 3.8) is 0 Å². The molecule has 8 nitrogen and oxygen atoms in total. The Balaban J connectivity index is 1.48. The van der Waals surface area contributed by atoms with Gasteiger partial charge >= 0.3 is 0 Å². The molecule has 1 aliphatic heterocycles. The molecule has 2 amide bonds. The van der Waals surface area contributed by atoms with Crippen molar-refractivity contribution >= 4 is 11.8 Å². The third kappa shape index (κ3) is 3.61. The lowest BCUT2D eigenvalue weighted by molar-refractivity contribution is -0.130. The summed E-state index contributed by atoms with van der Waals surface area (Å²) < 4.78 is 1.59. The third-order valence-electron chi connectivity index (χ3n) is 5.34. The van der Waals surface area contributed by atoms with Gasteiger partial charge in [-0.2, -0.15) is 4.68 Å². The topological polar surface area (TPSA) is 93.0 Å². The summed E-state index contributed by atoms with van der Waals surface area (Å²) in [5, 5.41) is 14.7. The van der Waals surface area contributed by atoms with Gasteiger partial charge in [-0.3, -0.25) is 9.59 Å². The maximum atomic E-state index is 13.1. The standard InChI is InChI=1S/C21H22N6O2/c1-21(13-8-14-26(21)19(28)16-9-4-2-5-10-16)20(29)22-15-18-23-24-25-27(18)17-11-6-3-7-12-17/h2-7,9-12H,8,13-15H2,1H3,(H,22,29). The number of rotatable bonds is 5. The molecular weight excluding hydrogens is 368 g/mol. The smallest absolute Gasteiger partial charge is 0.254 e. The van der Waals surface area contributed by atoms with E-state index in [0.29, 0.717) is 24.4 Å². The van der Waals surface area contributed by atoms with Gasteiger partial charge in [0, 0.05) is 12.1 Å². The predicted molar refractivity (Wildman–Crippen MR) is 106 cm³/mol. The molecule has 0 bridgehead atoms. The van der Waals surface area contributed by atoms with Gasteiger partial charge < -0.3 is 10.2 Å². The van der Waals surface area contributed by atoms with Crippen LogP contribution < -0.4 is 5.32 Å². The first-order valence-corrected chi connectivity index (χ1v) is 9.57. The monoisotopic (exact) mass is 390 g/mol. The number of benzene rings is 2. The second kappa shape index (κ2) is 7.83. The zero-order chi connectivity index (χ0) is 20.3. The second-order valence-corrected chi connectivity index (χ2v) is 7.23. The normalized spacial score (nSPS) is 18.6. The van der Waals surface area contributed by atoms with E-state index in [0.717, 1.165) is 12.1 Å². The molecule has 0 spiro atoms. The number of nitrogens with zero attached hydrogens (tertiary/aromatic N) is 5. The number of hydrogen-bond donors (Lipinski definition) is 1. The van der Waals surface area contributed by atoms with Crippen molar-refractivity contribution in [3.05, 3.63) is 72.1 Å². The van der Waals surface area contributed by atoms with Gasteiger partial charge in [-0.05, 0) is 54.5 Å². The van der Waals surface area contributed by atoms with Gasteiger partial charge in [-0.25, -0.2) is 0 Å². The minimum Gasteiger partial charge on any atom is -0.347 e. The Morgan fingerprint density at radius 1 is 1.07 bits per heavy atom. The lowest BCUT2D eigenvalue weighted by Gasteiger charge is -2.34. The van der Waals surface area contributed by atoms with Crippen LogP contribution in [0.4, 0.5) is 0 Å². The van der Waals surface area contributed by atoms with Crippen LogP contribution in [0.25, 0.3) is 5.69 Å². The number of likely N-dealkylation sites (tertiary alicyclic amines) is 1. The first kappa shape index (κ1) is 18.8. The number of para-hydroxylation sites is 1. The van der Waals surface area contributed by atoms with E-state index in [1.54, 1.807) is 21.7 Å². The van der Waals surface area contributed by atoms with Crippen molar-refractivity contribution in [1.82, 2.24) is 30.4 Å². The number of carbonyl (C=O) groups excluding carboxylic acids is 2. The third-order valence-corrected chi connectivity index (χ3v) is 5.34. The Morgan fingerprint density at radius 2 is 1.76 bits per heavy atom. The second-order valence-electron chi connectivity index (χ2n) is 7.23. The van der Waals surface area contributed by atoms with Crippen LogP contribution in [0.3, 0.4) is 0 Å². The molecule has 1 aromatic heterocycles. The molecular formula is C21H22N6O2. The van der Waals surface area contributed by atoms with Gasteiger partial charge in [0.2, 0.25) is 5.91 Å². The van der Waals surface area contributed by atoms with Crippen molar-refractivity contribution in [2.45, 2.75) is 31.8 Å². The Bertz CT molecular complexity index is 1000. The maximum Gasteiger partial charge on any atom is 0.254 e. The van der Waals surface area contributed by atoms with Crippen LogP contribution in [-0.2, 0) is 11.3 Å². The molecule has 1 aliphatic rings. The molecule has 1 unspecified atom stereocenters. The lowest BCUT2D eigenvalue weighted by atomic mass is 9.97. The van der Waals surface area contributed by atoms with E-state index in [4.69, 9.17) is 0 Å². The van der Waals surface area contributed by atoms with Crippen molar-refractivity contribution in [1.29, 1.82) is 0 Å². The van der Waals surface area contributed by atoms with Crippen molar-refractivity contribution in [2.24, 2.45) is 0 Å². The molecule has 8 heteroatoms. The van der Waals surface area contributed by atoms with Gasteiger partial charge in [0.15, 0.2) is 5.82 Å². The van der Waals surface area contributed by atoms with Gasteiger partial charge in [0.1, 0.15) is 5.54 Å². The van der Waals surface area contributed by atoms with E-state index < -0.39 is 5.54 Å². The average Bonchev–Trinajstić information content (AvgIpc) is 3.40. The number of hydrogen-bond acceptors (Lipinski definition) is 5. The van der Waals surface area contributed by atoms with Crippen molar-refractivity contribution in [3.8, 4) is 5.69 Å². The highest BCUT2D eigenvalue weighted by Gasteiger charge is 2.45. The zero-order valence-corrected chi connectivity index (χ0v) is 16.2. The van der Waals surface area contributed by atoms with Gasteiger partial charge in [-0.15, -0.1) is 5.10 Å². The molecule has 1 atom stereocenters. The fraction of sp³-hybridized carbons (Fsp3) is 0.286. The van der Waals surface area contributed by atoms with Crippen LogP contribution in [0.5, 0.6) is 0 Å². The van der Waals surface area contributed by atoms with E-state index in [1.807, 2.05) is 55.5 Å². The average molecular weight is 390 g/mol. The summed E-state index contributed by atoms with van der Waals surface area (Å²) in [6.45, 7) is 2.54. The number of carbonyl (C=O) groups is 2. The highest BCUT2D eigenvalue weighted by molar-refractivity contribution is 5.99. The molecule has 4 rings (SSSR count). The Morgan fingerprint density at radius 3 is 2.48 bits per heavy atom. The minimum atomic E-state index is -0.905. The first-order valence-electron chi connectivity index (χ1n) is 9.57. The Labute approximate surface area is 168 Å². The van der Waals surface area contributed by atoms with Crippen molar-refractivity contribution < 1.29 is 9.59 Å². The molecule has 1 N–H and O–H groups in total. The van der Waals surface area contributed by atoms with Crippen LogP contribution in [0.15, 0.2) is 60.7 Å². The number of nitrogens with one attached hydrogen (secondary N) is 1. The van der Waals surface area contributed by atoms with E-state index >= 15 is 0 Å². The van der Waals surface area contributed by atoms with Crippen LogP contribution in [0.1, 0.15) is 35.9 Å². The van der Waals surface area contributed by atoms with E-state index in [-0.39, 0.29) is 18.4 Å². The highest BCUT2D eigenvalue weighted by atomic mass is 16.2. The molecule has 2 heterocycles. The summed E-state index contributed by atoms with van der Waals surface area (Å²) in [4.78, 5) is 27.7. The largest absolute Gasteiger partial charge is 0.347 e. The zero-order valence-electron chi connectivity index (χ0n) is 16.2. The van der Waals surface area contributed by atoms with E-state index in [1.165, 1.54) is 0 Å². The summed E-state index contributed by atoms with van der Waals surface area (Å²) >= 11 is 0. The number of tetrazole rings is 1. The quantitative estimate of drug-likeness (QED) is 0.719. The number of aromatic nitrogens is 4. The maximum absolute atomic E-state index is 13.1. The summed E-state index contributed by atoms with van der Waals surface area (Å²) in [6, 6.07) is 18.5. The molecule has 1 saturated heterocycles. The Kier molecular flexibility index (Phi) is 5.07. The minimum absolute atomic E-state index is 0.130. The van der Waals surface area contributed by atoms with Crippen LogP contribution >= 0.6 is 0 Å². The van der Waals surface area contributed by atoms with E-state index in [9.17, 15) is 9.59 Å². The predicted octanol–water partition coefficient (Wildman–Crippen LogP) is 1.97. The van der Waals surface area contributed by atoms with Crippen LogP contribution in [0.2, 0.25) is 0 Å². The fourth-order valence-corrected chi connectivity index (χ4v) is 3.70. The fourth-order valence-electron chi connectivity index (χ4n) is 3.70. The lowest BCUT2D eigenvalue weighted by Crippen LogP contribution is -2.55. The summed E-state index contributed by atoms with van der Waals surface area (Å²) in [6.07, 6.45) is 1.39. The van der Waals surface area contributed by atoms with Crippen LogP contribution in [0, 0.1) is 0 Å². The van der Waals surface area contributed by atoms with Crippen LogP contribution in [-0.4, -0.2) is 49.0 Å². The van der Waals surface area contributed by atoms with Gasteiger partial charge in [-0.1, -0.05) is 36.4 Å². The molecule has 0 radical (unpaired) electrons. The summed E-state index contributed by atoms with van der Waals surface area (Å²) in [7, 11) is 0. The molecule has 29 heavy (non-hydrogen) atoms. The summed E-state index contributed by atoms with van der Waals surface area (Å²) in [5.74, 6) is 0.184. The number of amides is 2. The Hall–Kier alpha value is -3.55. The molecule has 0 saturated carbocycles. The van der Waals surface area contributed by atoms with Crippen molar-refractivity contribution in [2.75, 3.05) is 6.54 Å². The SMILES string of the molecule is CC1(C(=O)NCc2nnnn2-c2ccccc2)CCCN1C(=O)c1ccccc1.